The van der Waals surface area contributed by atoms with Crippen LogP contribution in [0.2, 0.25) is 0 Å². The van der Waals surface area contributed by atoms with Gasteiger partial charge in [-0.05, 0) is 48.5 Å². The second kappa shape index (κ2) is 8.57. The van der Waals surface area contributed by atoms with E-state index in [0.29, 0.717) is 47.4 Å². The molecular weight excluding hydrogens is 420 g/mol. The minimum Gasteiger partial charge on any atom is -0.495 e. The Morgan fingerprint density at radius 3 is 2.39 bits per heavy atom. The van der Waals surface area contributed by atoms with Crippen LogP contribution in [0.1, 0.15) is 10.4 Å². The molecule has 0 unspecified atom stereocenters. The predicted molar refractivity (Wildman–Crippen MR) is 116 cm³/mol. The lowest BCUT2D eigenvalue weighted by Crippen LogP contribution is -2.17. The summed E-state index contributed by atoms with van der Waals surface area (Å²) in [5.74, 6) is 1.22. The molecule has 1 aliphatic heterocycles. The average Bonchev–Trinajstić information content (AvgIpc) is 2.79. The minimum absolute atomic E-state index is 0.0225. The van der Waals surface area contributed by atoms with E-state index in [1.807, 2.05) is 0 Å². The molecule has 0 aromatic heterocycles. The number of fused-ring (bicyclic) bond motifs is 1. The Morgan fingerprint density at radius 1 is 0.935 bits per heavy atom. The van der Waals surface area contributed by atoms with Crippen molar-refractivity contribution in [1.29, 1.82) is 0 Å². The monoisotopic (exact) mass is 440 g/mol. The van der Waals surface area contributed by atoms with Gasteiger partial charge in [0.25, 0.3) is 15.9 Å². The summed E-state index contributed by atoms with van der Waals surface area (Å²) in [5, 5.41) is 2.77. The van der Waals surface area contributed by atoms with Crippen molar-refractivity contribution in [3.63, 3.8) is 0 Å². The van der Waals surface area contributed by atoms with Crippen LogP contribution >= 0.6 is 0 Å². The van der Waals surface area contributed by atoms with Crippen molar-refractivity contribution in [3.05, 3.63) is 72.3 Å². The standard InChI is InChI=1S/C22H20N2O6S/c1-28-19-5-3-2-4-18(19)24-31(26,27)17-9-6-15(7-10-17)22(25)23-16-8-11-20-21(14-16)30-13-12-29-20/h2-11,14,24H,12-13H2,1H3,(H,23,25). The first-order chi connectivity index (χ1) is 15.0. The highest BCUT2D eigenvalue weighted by molar-refractivity contribution is 7.92. The number of nitrogens with one attached hydrogen (secondary N) is 2. The molecule has 8 nitrogen and oxygen atoms in total. The van der Waals surface area contributed by atoms with E-state index in [1.165, 1.54) is 31.4 Å². The summed E-state index contributed by atoms with van der Waals surface area (Å²) in [4.78, 5) is 12.6. The molecule has 0 saturated carbocycles. The number of carbonyl (C=O) groups is 1. The number of hydrogen-bond acceptors (Lipinski definition) is 6. The largest absolute Gasteiger partial charge is 0.495 e. The lowest BCUT2D eigenvalue weighted by atomic mass is 10.2. The molecule has 0 spiro atoms. The van der Waals surface area contributed by atoms with Crippen LogP contribution in [0.4, 0.5) is 11.4 Å². The number of ether oxygens (including phenoxy) is 3. The molecule has 0 fully saturated rings. The topological polar surface area (TPSA) is 103 Å². The molecule has 1 amide bonds. The van der Waals surface area contributed by atoms with Crippen LogP contribution in [0, 0.1) is 0 Å². The van der Waals surface area contributed by atoms with Gasteiger partial charge in [-0.25, -0.2) is 8.42 Å². The third kappa shape index (κ3) is 4.56. The molecule has 3 aromatic rings. The van der Waals surface area contributed by atoms with Crippen molar-refractivity contribution in [2.24, 2.45) is 0 Å². The second-order valence-corrected chi connectivity index (χ2v) is 8.33. The van der Waals surface area contributed by atoms with E-state index in [0.717, 1.165) is 0 Å². The van der Waals surface area contributed by atoms with E-state index in [4.69, 9.17) is 14.2 Å². The highest BCUT2D eigenvalue weighted by atomic mass is 32.2. The third-order valence-electron chi connectivity index (χ3n) is 4.58. The first-order valence-electron chi connectivity index (χ1n) is 9.43. The summed E-state index contributed by atoms with van der Waals surface area (Å²) < 4.78 is 44.0. The summed E-state index contributed by atoms with van der Waals surface area (Å²) >= 11 is 0. The van der Waals surface area contributed by atoms with Gasteiger partial charge in [0, 0.05) is 17.3 Å². The second-order valence-electron chi connectivity index (χ2n) is 6.64. The summed E-state index contributed by atoms with van der Waals surface area (Å²) in [7, 11) is -2.39. The molecule has 160 valence electrons. The summed E-state index contributed by atoms with van der Waals surface area (Å²) in [6.07, 6.45) is 0. The first-order valence-corrected chi connectivity index (χ1v) is 10.9. The van der Waals surface area contributed by atoms with E-state index in [9.17, 15) is 13.2 Å². The SMILES string of the molecule is COc1ccccc1NS(=O)(=O)c1ccc(C(=O)Nc2ccc3c(c2)OCCO3)cc1. The maximum Gasteiger partial charge on any atom is 0.262 e. The lowest BCUT2D eigenvalue weighted by Gasteiger charge is -2.19. The highest BCUT2D eigenvalue weighted by Gasteiger charge is 2.18. The Bertz CT molecular complexity index is 1210. The normalized spacial score (nSPS) is 12.7. The smallest absolute Gasteiger partial charge is 0.262 e. The Kier molecular flexibility index (Phi) is 5.68. The van der Waals surface area contributed by atoms with Gasteiger partial charge in [0.05, 0.1) is 17.7 Å². The fraction of sp³-hybridized carbons (Fsp3) is 0.136. The van der Waals surface area contributed by atoms with Gasteiger partial charge in [-0.3, -0.25) is 9.52 Å². The van der Waals surface area contributed by atoms with Crippen LogP contribution in [-0.4, -0.2) is 34.6 Å². The number of hydrogen-bond donors (Lipinski definition) is 2. The highest BCUT2D eigenvalue weighted by Crippen LogP contribution is 2.32. The lowest BCUT2D eigenvalue weighted by molar-refractivity contribution is 0.102. The molecule has 0 radical (unpaired) electrons. The number of methoxy groups -OCH3 is 1. The van der Waals surface area contributed by atoms with Gasteiger partial charge in [-0.1, -0.05) is 12.1 Å². The molecule has 1 aliphatic rings. The number of rotatable bonds is 6. The number of anilines is 2. The number of benzene rings is 3. The quantitative estimate of drug-likeness (QED) is 0.608. The molecule has 4 rings (SSSR count). The van der Waals surface area contributed by atoms with Crippen molar-refractivity contribution >= 4 is 27.3 Å². The summed E-state index contributed by atoms with van der Waals surface area (Å²) in [6, 6.07) is 17.5. The van der Waals surface area contributed by atoms with E-state index in [-0.39, 0.29) is 10.8 Å². The zero-order valence-corrected chi connectivity index (χ0v) is 17.4. The fourth-order valence-corrected chi connectivity index (χ4v) is 4.11. The van der Waals surface area contributed by atoms with Gasteiger partial charge in [0.15, 0.2) is 11.5 Å². The molecule has 0 saturated heterocycles. The molecular formula is C22H20N2O6S. The molecule has 1 heterocycles. The number of para-hydroxylation sites is 2. The van der Waals surface area contributed by atoms with Crippen LogP contribution in [0.3, 0.4) is 0 Å². The van der Waals surface area contributed by atoms with Gasteiger partial charge in [0.2, 0.25) is 0 Å². The van der Waals surface area contributed by atoms with E-state index in [2.05, 4.69) is 10.0 Å². The summed E-state index contributed by atoms with van der Waals surface area (Å²) in [5.41, 5.74) is 1.18. The number of sulfonamides is 1. The van der Waals surface area contributed by atoms with Crippen molar-refractivity contribution in [2.45, 2.75) is 4.90 Å². The van der Waals surface area contributed by atoms with Gasteiger partial charge in [-0.15, -0.1) is 0 Å². The van der Waals surface area contributed by atoms with Gasteiger partial charge >= 0.3 is 0 Å². The van der Waals surface area contributed by atoms with Gasteiger partial charge < -0.3 is 19.5 Å². The minimum atomic E-state index is -3.85. The van der Waals surface area contributed by atoms with Crippen LogP contribution in [-0.2, 0) is 10.0 Å². The molecule has 9 heteroatoms. The Labute approximate surface area is 179 Å². The van der Waals surface area contributed by atoms with Crippen LogP contribution in [0.25, 0.3) is 0 Å². The van der Waals surface area contributed by atoms with Gasteiger partial charge in [-0.2, -0.15) is 0 Å². The van der Waals surface area contributed by atoms with Gasteiger partial charge in [0.1, 0.15) is 19.0 Å². The van der Waals surface area contributed by atoms with Crippen LogP contribution < -0.4 is 24.2 Å². The van der Waals surface area contributed by atoms with Crippen molar-refractivity contribution in [3.8, 4) is 17.2 Å². The first kappa shape index (κ1) is 20.5. The molecule has 3 aromatic carbocycles. The van der Waals surface area contributed by atoms with E-state index >= 15 is 0 Å². The number of amides is 1. The Hall–Kier alpha value is -3.72. The Balaban J connectivity index is 1.47. The van der Waals surface area contributed by atoms with Crippen molar-refractivity contribution in [2.75, 3.05) is 30.4 Å². The van der Waals surface area contributed by atoms with Crippen molar-refractivity contribution < 1.29 is 27.4 Å². The predicted octanol–water partition coefficient (Wildman–Crippen LogP) is 3.52. The van der Waals surface area contributed by atoms with E-state index in [1.54, 1.807) is 42.5 Å². The maximum atomic E-state index is 12.7. The van der Waals surface area contributed by atoms with E-state index < -0.39 is 10.0 Å². The van der Waals surface area contributed by atoms with Crippen molar-refractivity contribution in [1.82, 2.24) is 0 Å². The third-order valence-corrected chi connectivity index (χ3v) is 5.96. The molecule has 2 N–H and O–H groups in total. The molecule has 0 aliphatic carbocycles. The van der Waals surface area contributed by atoms with Crippen LogP contribution in [0.5, 0.6) is 17.2 Å². The average molecular weight is 440 g/mol. The zero-order valence-electron chi connectivity index (χ0n) is 16.6. The number of carbonyl (C=O) groups excluding carboxylic acids is 1. The Morgan fingerprint density at radius 2 is 1.65 bits per heavy atom. The zero-order chi connectivity index (χ0) is 21.8. The molecule has 31 heavy (non-hydrogen) atoms. The fourth-order valence-electron chi connectivity index (χ4n) is 3.04. The molecule has 0 atom stereocenters. The maximum absolute atomic E-state index is 12.7. The summed E-state index contributed by atoms with van der Waals surface area (Å²) in [6.45, 7) is 0.934. The van der Waals surface area contributed by atoms with Crippen LogP contribution in [0.15, 0.2) is 71.6 Å². The molecule has 0 bridgehead atoms.